The molecule has 0 saturated carbocycles. The number of aromatic nitrogens is 3. The van der Waals surface area contributed by atoms with Gasteiger partial charge in [0.1, 0.15) is 24.8 Å². The molecule has 4 aromatic rings. The van der Waals surface area contributed by atoms with Gasteiger partial charge in [0.15, 0.2) is 0 Å². The number of fused-ring (bicyclic) bond motifs is 1. The third-order valence-corrected chi connectivity index (χ3v) is 6.92. The fourth-order valence-electron chi connectivity index (χ4n) is 4.48. The molecule has 0 bridgehead atoms. The minimum absolute atomic E-state index is 0.214. The summed E-state index contributed by atoms with van der Waals surface area (Å²) >= 11 is 6.11. The minimum Gasteiger partial charge on any atom is -0.492 e. The summed E-state index contributed by atoms with van der Waals surface area (Å²) in [5, 5.41) is 9.54. The molecule has 9 nitrogen and oxygen atoms in total. The van der Waals surface area contributed by atoms with Crippen LogP contribution in [0.25, 0.3) is 33.4 Å². The molecule has 1 fully saturated rings. The number of nitrogens with zero attached hydrogens (tertiary/aromatic N) is 5. The Labute approximate surface area is 231 Å². The summed E-state index contributed by atoms with van der Waals surface area (Å²) in [6.07, 6.45) is 0. The topological polar surface area (TPSA) is 116 Å². The Morgan fingerprint density at radius 2 is 1.74 bits per heavy atom. The minimum atomic E-state index is -0.473. The first-order valence-electron chi connectivity index (χ1n) is 12.8. The maximum absolute atomic E-state index is 14.6. The average molecular weight is 552 g/mol. The molecule has 3 heterocycles. The highest BCUT2D eigenvalue weighted by Crippen LogP contribution is 2.35. The number of likely N-dealkylation sites (N-methyl/N-ethyl adjacent to an activating group) is 1. The van der Waals surface area contributed by atoms with E-state index in [0.29, 0.717) is 39.8 Å². The lowest BCUT2D eigenvalue weighted by Gasteiger charge is -2.32. The highest BCUT2D eigenvalue weighted by Gasteiger charge is 2.18. The largest absolute Gasteiger partial charge is 0.492 e. The molecule has 5 rings (SSSR count). The van der Waals surface area contributed by atoms with E-state index in [1.807, 2.05) is 18.2 Å². The molecule has 39 heavy (non-hydrogen) atoms. The van der Waals surface area contributed by atoms with Crippen LogP contribution in [0.1, 0.15) is 0 Å². The fourth-order valence-corrected chi connectivity index (χ4v) is 4.65. The molecular formula is C28H31ClFN7O2. The van der Waals surface area contributed by atoms with Crippen LogP contribution in [-0.4, -0.2) is 84.5 Å². The van der Waals surface area contributed by atoms with Crippen LogP contribution in [0.2, 0.25) is 5.02 Å². The quantitative estimate of drug-likeness (QED) is 0.321. The van der Waals surface area contributed by atoms with Crippen molar-refractivity contribution < 1.29 is 13.9 Å². The van der Waals surface area contributed by atoms with Crippen LogP contribution in [0.4, 0.5) is 10.1 Å². The van der Waals surface area contributed by atoms with Gasteiger partial charge in [-0.2, -0.15) is 0 Å². The van der Waals surface area contributed by atoms with Crippen LogP contribution in [0, 0.1) is 5.82 Å². The first-order valence-corrected chi connectivity index (χ1v) is 13.2. The number of hydrogen-bond donors (Lipinski definition) is 2. The molecule has 11 heteroatoms. The van der Waals surface area contributed by atoms with Crippen LogP contribution in [0.5, 0.6) is 11.6 Å². The lowest BCUT2D eigenvalue weighted by molar-refractivity contribution is 0.134. The number of hydrogen-bond acceptors (Lipinski definition) is 9. The highest BCUT2D eigenvalue weighted by atomic mass is 35.5. The Kier molecular flexibility index (Phi) is 8.37. The van der Waals surface area contributed by atoms with Gasteiger partial charge in [-0.05, 0) is 49.5 Å². The van der Waals surface area contributed by atoms with Crippen LogP contribution < -0.4 is 20.9 Å². The number of rotatable bonds is 9. The summed E-state index contributed by atoms with van der Waals surface area (Å²) in [5.41, 5.74) is 14.7. The average Bonchev–Trinajstić information content (AvgIpc) is 2.94. The summed E-state index contributed by atoms with van der Waals surface area (Å²) < 4.78 is 26.4. The Hall–Kier alpha value is -3.57. The third-order valence-electron chi connectivity index (χ3n) is 6.68. The lowest BCUT2D eigenvalue weighted by atomic mass is 10.1. The molecule has 0 aliphatic carbocycles. The van der Waals surface area contributed by atoms with E-state index >= 15 is 0 Å². The normalized spacial score (nSPS) is 14.6. The Balaban J connectivity index is 1.45. The number of pyridine rings is 1. The van der Waals surface area contributed by atoms with Gasteiger partial charge in [0.05, 0.1) is 22.5 Å². The van der Waals surface area contributed by atoms with Gasteiger partial charge in [-0.15, -0.1) is 10.2 Å². The molecule has 1 saturated heterocycles. The van der Waals surface area contributed by atoms with Crippen LogP contribution in [0.15, 0.2) is 48.5 Å². The van der Waals surface area contributed by atoms with Crippen LogP contribution in [0.3, 0.4) is 0 Å². The van der Waals surface area contributed by atoms with Crippen molar-refractivity contribution in [3.8, 4) is 34.1 Å². The van der Waals surface area contributed by atoms with Crippen molar-refractivity contribution in [1.29, 1.82) is 0 Å². The molecule has 0 unspecified atom stereocenters. The smallest absolute Gasteiger partial charge is 0.243 e. The van der Waals surface area contributed by atoms with E-state index in [1.54, 1.807) is 12.1 Å². The molecule has 0 radical (unpaired) electrons. The van der Waals surface area contributed by atoms with E-state index in [1.165, 1.54) is 18.2 Å². The first-order chi connectivity index (χ1) is 18.9. The van der Waals surface area contributed by atoms with Crippen molar-refractivity contribution in [3.63, 3.8) is 0 Å². The van der Waals surface area contributed by atoms with E-state index in [-0.39, 0.29) is 30.3 Å². The zero-order chi connectivity index (χ0) is 27.4. The van der Waals surface area contributed by atoms with Crippen molar-refractivity contribution in [2.75, 3.05) is 65.3 Å². The van der Waals surface area contributed by atoms with Gasteiger partial charge < -0.3 is 25.8 Å². The molecule has 0 amide bonds. The molecule has 1 aliphatic heterocycles. The summed E-state index contributed by atoms with van der Waals surface area (Å²) in [5.74, 6) is 0.451. The molecule has 1 aliphatic rings. The number of anilines is 1. The van der Waals surface area contributed by atoms with Crippen molar-refractivity contribution in [2.24, 2.45) is 5.73 Å². The van der Waals surface area contributed by atoms with Crippen molar-refractivity contribution in [1.82, 2.24) is 25.0 Å². The fraction of sp³-hybridized carbons (Fsp3) is 0.321. The van der Waals surface area contributed by atoms with Crippen molar-refractivity contribution >= 4 is 28.2 Å². The number of nitrogen functional groups attached to an aromatic ring is 1. The standard InChI is InChI=1S/C28H31ClFN7O2/c1-36-7-9-37(10-8-36)11-13-38-19-3-4-20-24(32)17-26(33-25(20)15-19)22-16-27(34-35-28(22)39-12-6-31)21-14-18(29)2-5-23(21)30/h2-5,14-17H,6-13,31H2,1H3,(H2,32,33). The molecule has 0 atom stereocenters. The predicted octanol–water partition coefficient (Wildman–Crippen LogP) is 3.70. The Morgan fingerprint density at radius 3 is 2.54 bits per heavy atom. The van der Waals surface area contributed by atoms with Gasteiger partial charge >= 0.3 is 0 Å². The summed E-state index contributed by atoms with van der Waals surface area (Å²) in [6.45, 7) is 6.14. The van der Waals surface area contributed by atoms with Crippen molar-refractivity contribution in [3.05, 3.63) is 59.4 Å². The van der Waals surface area contributed by atoms with E-state index < -0.39 is 5.82 Å². The van der Waals surface area contributed by atoms with Gasteiger partial charge in [-0.1, -0.05) is 11.6 Å². The Morgan fingerprint density at radius 1 is 0.923 bits per heavy atom. The van der Waals surface area contributed by atoms with Crippen LogP contribution in [-0.2, 0) is 0 Å². The monoisotopic (exact) mass is 551 g/mol. The van der Waals surface area contributed by atoms with Gasteiger partial charge in [0, 0.05) is 67.0 Å². The number of ether oxygens (including phenoxy) is 2. The van der Waals surface area contributed by atoms with Gasteiger partial charge in [0.2, 0.25) is 5.88 Å². The predicted molar refractivity (Wildman–Crippen MR) is 152 cm³/mol. The molecule has 2 aromatic heterocycles. The van der Waals surface area contributed by atoms with Gasteiger partial charge in [-0.25, -0.2) is 9.37 Å². The maximum atomic E-state index is 14.6. The number of halogens is 2. The summed E-state index contributed by atoms with van der Waals surface area (Å²) in [7, 11) is 2.14. The zero-order valence-corrected chi connectivity index (χ0v) is 22.5. The Bertz CT molecular complexity index is 1460. The lowest BCUT2D eigenvalue weighted by Crippen LogP contribution is -2.45. The number of nitrogens with two attached hydrogens (primary N) is 2. The van der Waals surface area contributed by atoms with Gasteiger partial charge in [-0.3, -0.25) is 4.90 Å². The molecular weight excluding hydrogens is 521 g/mol. The molecule has 0 spiro atoms. The van der Waals surface area contributed by atoms with E-state index in [9.17, 15) is 4.39 Å². The number of benzene rings is 2. The second-order valence-electron chi connectivity index (χ2n) is 9.48. The number of piperazine rings is 1. The molecule has 2 aromatic carbocycles. The first kappa shape index (κ1) is 27.0. The van der Waals surface area contributed by atoms with E-state index in [2.05, 4.69) is 27.0 Å². The third kappa shape index (κ3) is 6.36. The zero-order valence-electron chi connectivity index (χ0n) is 21.7. The second-order valence-corrected chi connectivity index (χ2v) is 9.92. The SMILES string of the molecule is CN1CCN(CCOc2ccc3c(N)cc(-c4cc(-c5cc(Cl)ccc5F)nnc4OCCN)nc3c2)CC1. The molecule has 204 valence electrons. The van der Waals surface area contributed by atoms with Crippen molar-refractivity contribution in [2.45, 2.75) is 0 Å². The highest BCUT2D eigenvalue weighted by molar-refractivity contribution is 6.30. The van der Waals surface area contributed by atoms with E-state index in [0.717, 1.165) is 38.1 Å². The summed E-state index contributed by atoms with van der Waals surface area (Å²) in [4.78, 5) is 9.57. The summed E-state index contributed by atoms with van der Waals surface area (Å²) in [6, 6.07) is 13.3. The molecule has 4 N–H and O–H groups in total. The van der Waals surface area contributed by atoms with E-state index in [4.69, 9.17) is 37.5 Å². The maximum Gasteiger partial charge on any atom is 0.243 e. The second kappa shape index (κ2) is 12.1. The van der Waals surface area contributed by atoms with Crippen LogP contribution >= 0.6 is 11.6 Å². The van der Waals surface area contributed by atoms with Gasteiger partial charge in [0.25, 0.3) is 0 Å².